The molecule has 1 N–H and O–H groups in total. The fraction of sp³-hybridized carbons (Fsp3) is 0.360. The predicted octanol–water partition coefficient (Wildman–Crippen LogP) is 6.82. The summed E-state index contributed by atoms with van der Waals surface area (Å²) in [6.45, 7) is 6.86. The lowest BCUT2D eigenvalue weighted by atomic mass is 10.0. The average molecular weight is 398 g/mol. The van der Waals surface area contributed by atoms with Crippen molar-refractivity contribution in [3.05, 3.63) is 77.4 Å². The molecule has 0 unspecified atom stereocenters. The first-order valence-corrected chi connectivity index (χ1v) is 10.2. The maximum Gasteiger partial charge on any atom is 0.124 e. The zero-order chi connectivity index (χ0) is 18.9. The van der Waals surface area contributed by atoms with E-state index in [9.17, 15) is 0 Å². The van der Waals surface area contributed by atoms with Gasteiger partial charge in [-0.25, -0.2) is 0 Å². The quantitative estimate of drug-likeness (QED) is 0.379. The summed E-state index contributed by atoms with van der Waals surface area (Å²) in [4.78, 5) is 0. The number of halogens is 1. The molecule has 0 saturated carbocycles. The van der Waals surface area contributed by atoms with Crippen LogP contribution in [0.1, 0.15) is 49.3 Å². The Hall–Kier alpha value is -2.03. The molecular formula is C25H32ClNO. The van der Waals surface area contributed by atoms with Crippen molar-refractivity contribution in [3.8, 4) is 5.75 Å². The molecule has 3 aromatic rings. The minimum atomic E-state index is 0. The predicted molar refractivity (Wildman–Crippen MR) is 123 cm³/mol. The van der Waals surface area contributed by atoms with E-state index in [1.807, 2.05) is 0 Å². The van der Waals surface area contributed by atoms with Crippen LogP contribution in [-0.4, -0.2) is 6.54 Å². The van der Waals surface area contributed by atoms with Gasteiger partial charge in [-0.15, -0.1) is 12.4 Å². The van der Waals surface area contributed by atoms with Crippen molar-refractivity contribution in [3.63, 3.8) is 0 Å². The minimum absolute atomic E-state index is 0. The number of hydrogen-bond donors (Lipinski definition) is 1. The summed E-state index contributed by atoms with van der Waals surface area (Å²) in [5.74, 6) is 0.982. The van der Waals surface area contributed by atoms with Crippen LogP contribution in [0.3, 0.4) is 0 Å². The summed E-state index contributed by atoms with van der Waals surface area (Å²) < 4.78 is 6.23. The minimum Gasteiger partial charge on any atom is -0.489 e. The fourth-order valence-electron chi connectivity index (χ4n) is 3.37. The van der Waals surface area contributed by atoms with Gasteiger partial charge in [0, 0.05) is 12.1 Å². The summed E-state index contributed by atoms with van der Waals surface area (Å²) in [6, 6.07) is 21.4. The van der Waals surface area contributed by atoms with Gasteiger partial charge in [-0.05, 0) is 42.3 Å². The lowest BCUT2D eigenvalue weighted by molar-refractivity contribution is 0.302. The van der Waals surface area contributed by atoms with E-state index >= 15 is 0 Å². The van der Waals surface area contributed by atoms with E-state index in [1.54, 1.807) is 0 Å². The number of benzene rings is 3. The Kier molecular flexibility index (Phi) is 9.33. The Balaban J connectivity index is 0.00000280. The number of rotatable bonds is 10. The van der Waals surface area contributed by atoms with Crippen LogP contribution in [-0.2, 0) is 13.2 Å². The third-order valence-corrected chi connectivity index (χ3v) is 5.02. The molecule has 0 amide bonds. The van der Waals surface area contributed by atoms with Crippen LogP contribution in [0.2, 0.25) is 0 Å². The number of ether oxygens (including phenoxy) is 1. The highest BCUT2D eigenvalue weighted by molar-refractivity contribution is 5.87. The van der Waals surface area contributed by atoms with Crippen molar-refractivity contribution >= 4 is 23.2 Å². The zero-order valence-corrected chi connectivity index (χ0v) is 17.9. The van der Waals surface area contributed by atoms with Gasteiger partial charge >= 0.3 is 0 Å². The molecule has 2 nitrogen and oxygen atoms in total. The molecule has 3 rings (SSSR count). The monoisotopic (exact) mass is 397 g/mol. The summed E-state index contributed by atoms with van der Waals surface area (Å²) >= 11 is 0. The molecule has 0 aliphatic heterocycles. The van der Waals surface area contributed by atoms with Gasteiger partial charge in [-0.1, -0.05) is 86.3 Å². The van der Waals surface area contributed by atoms with Crippen LogP contribution in [0.5, 0.6) is 5.75 Å². The van der Waals surface area contributed by atoms with E-state index in [-0.39, 0.29) is 12.4 Å². The molecule has 0 aromatic heterocycles. The lowest BCUT2D eigenvalue weighted by Gasteiger charge is -2.15. The molecule has 0 aliphatic carbocycles. The molecule has 0 fully saturated rings. The second-order valence-electron chi connectivity index (χ2n) is 7.28. The van der Waals surface area contributed by atoms with Crippen molar-refractivity contribution in [2.24, 2.45) is 0 Å². The molecule has 0 saturated heterocycles. The Bertz CT molecular complexity index is 845. The molecule has 150 valence electrons. The summed E-state index contributed by atoms with van der Waals surface area (Å²) in [6.07, 6.45) is 5.13. The van der Waals surface area contributed by atoms with Crippen LogP contribution in [0.25, 0.3) is 10.8 Å². The Morgan fingerprint density at radius 3 is 2.43 bits per heavy atom. The highest BCUT2D eigenvalue weighted by Gasteiger charge is 2.09. The molecule has 0 atom stereocenters. The third-order valence-electron chi connectivity index (χ3n) is 5.02. The zero-order valence-electron chi connectivity index (χ0n) is 17.0. The van der Waals surface area contributed by atoms with Crippen LogP contribution in [0, 0.1) is 6.92 Å². The van der Waals surface area contributed by atoms with Gasteiger partial charge in [0.25, 0.3) is 0 Å². The van der Waals surface area contributed by atoms with E-state index < -0.39 is 0 Å². The highest BCUT2D eigenvalue weighted by atomic mass is 35.5. The number of hydrogen-bond acceptors (Lipinski definition) is 2. The van der Waals surface area contributed by atoms with Gasteiger partial charge in [0.15, 0.2) is 0 Å². The molecule has 0 radical (unpaired) electrons. The standard InChI is InChI=1S/C25H31NO.ClH/c1-3-4-5-8-17-26-18-24-23-10-7-6-9-22(23)15-16-25(24)27-19-21-13-11-20(2)12-14-21;/h6-7,9-16,26H,3-5,8,17-19H2,1-2H3;1H. The Labute approximate surface area is 175 Å². The molecular weight excluding hydrogens is 366 g/mol. The number of fused-ring (bicyclic) bond motifs is 1. The summed E-state index contributed by atoms with van der Waals surface area (Å²) in [7, 11) is 0. The van der Waals surface area contributed by atoms with Gasteiger partial charge in [0.2, 0.25) is 0 Å². The number of unbranched alkanes of at least 4 members (excludes halogenated alkanes) is 3. The maximum atomic E-state index is 6.23. The maximum absolute atomic E-state index is 6.23. The normalized spacial score (nSPS) is 10.6. The van der Waals surface area contributed by atoms with Gasteiger partial charge < -0.3 is 10.1 Å². The second kappa shape index (κ2) is 11.7. The van der Waals surface area contributed by atoms with E-state index in [1.165, 1.54) is 53.1 Å². The van der Waals surface area contributed by atoms with Gasteiger partial charge in [0.1, 0.15) is 12.4 Å². The van der Waals surface area contributed by atoms with Gasteiger partial charge in [0.05, 0.1) is 0 Å². The summed E-state index contributed by atoms with van der Waals surface area (Å²) in [5, 5.41) is 6.16. The highest BCUT2D eigenvalue weighted by Crippen LogP contribution is 2.29. The van der Waals surface area contributed by atoms with E-state index in [4.69, 9.17) is 4.74 Å². The van der Waals surface area contributed by atoms with Crippen molar-refractivity contribution < 1.29 is 4.74 Å². The van der Waals surface area contributed by atoms with Gasteiger partial charge in [-0.2, -0.15) is 0 Å². The first-order chi connectivity index (χ1) is 13.3. The van der Waals surface area contributed by atoms with Gasteiger partial charge in [-0.3, -0.25) is 0 Å². The second-order valence-corrected chi connectivity index (χ2v) is 7.28. The molecule has 0 heterocycles. The molecule has 0 aliphatic rings. The SMILES string of the molecule is CCCCCCNCc1c(OCc2ccc(C)cc2)ccc2ccccc12.Cl. The smallest absolute Gasteiger partial charge is 0.124 e. The lowest BCUT2D eigenvalue weighted by Crippen LogP contribution is -2.16. The summed E-state index contributed by atoms with van der Waals surface area (Å²) in [5.41, 5.74) is 3.74. The van der Waals surface area contributed by atoms with E-state index in [0.29, 0.717) is 6.61 Å². The van der Waals surface area contributed by atoms with Crippen molar-refractivity contribution in [1.29, 1.82) is 0 Å². The third kappa shape index (κ3) is 6.25. The van der Waals surface area contributed by atoms with Crippen LogP contribution in [0.4, 0.5) is 0 Å². The molecule has 28 heavy (non-hydrogen) atoms. The molecule has 0 bridgehead atoms. The Morgan fingerprint density at radius 2 is 1.64 bits per heavy atom. The Morgan fingerprint density at radius 1 is 0.857 bits per heavy atom. The van der Waals surface area contributed by atoms with Crippen molar-refractivity contribution in [2.45, 2.75) is 52.7 Å². The molecule has 3 heteroatoms. The van der Waals surface area contributed by atoms with Crippen LogP contribution in [0.15, 0.2) is 60.7 Å². The van der Waals surface area contributed by atoms with E-state index in [2.05, 4.69) is 79.8 Å². The molecule has 0 spiro atoms. The first kappa shape index (κ1) is 22.3. The van der Waals surface area contributed by atoms with Crippen molar-refractivity contribution in [1.82, 2.24) is 5.32 Å². The number of aryl methyl sites for hydroxylation is 1. The fourth-order valence-corrected chi connectivity index (χ4v) is 3.37. The van der Waals surface area contributed by atoms with E-state index in [0.717, 1.165) is 18.8 Å². The average Bonchev–Trinajstić information content (AvgIpc) is 2.70. The topological polar surface area (TPSA) is 21.3 Å². The largest absolute Gasteiger partial charge is 0.489 e. The van der Waals surface area contributed by atoms with Crippen LogP contribution < -0.4 is 10.1 Å². The van der Waals surface area contributed by atoms with Crippen LogP contribution >= 0.6 is 12.4 Å². The van der Waals surface area contributed by atoms with Crippen molar-refractivity contribution in [2.75, 3.05) is 6.54 Å². The molecule has 3 aromatic carbocycles. The first-order valence-electron chi connectivity index (χ1n) is 10.2. The number of nitrogens with one attached hydrogen (secondary N) is 1.